The number of benzene rings is 3. The second kappa shape index (κ2) is 10.2. The Kier molecular flexibility index (Phi) is 6.93. The Morgan fingerprint density at radius 2 is 1.76 bits per heavy atom. The number of carbonyl (C=O) groups excluding carboxylic acids is 1. The largest absolute Gasteiger partial charge is 0.493 e. The Labute approximate surface area is 194 Å². The fourth-order valence-corrected chi connectivity index (χ4v) is 4.02. The maximum absolute atomic E-state index is 12.8. The molecule has 6 heteroatoms. The van der Waals surface area contributed by atoms with Gasteiger partial charge in [0.15, 0.2) is 11.5 Å². The number of carbonyl (C=O) groups is 1. The zero-order valence-corrected chi connectivity index (χ0v) is 19.3. The van der Waals surface area contributed by atoms with E-state index >= 15 is 0 Å². The van der Waals surface area contributed by atoms with Gasteiger partial charge in [-0.1, -0.05) is 48.0 Å². The number of nitrogens with one attached hydrogen (secondary N) is 1. The minimum Gasteiger partial charge on any atom is -0.493 e. The lowest BCUT2D eigenvalue weighted by Crippen LogP contribution is -2.30. The van der Waals surface area contributed by atoms with Crippen molar-refractivity contribution in [3.8, 4) is 11.5 Å². The zero-order valence-electron chi connectivity index (χ0n) is 19.3. The minimum absolute atomic E-state index is 0.0379. The van der Waals surface area contributed by atoms with Crippen LogP contribution in [0.1, 0.15) is 22.5 Å². The predicted octanol–water partition coefficient (Wildman–Crippen LogP) is 4.31. The second-order valence-corrected chi connectivity index (χ2v) is 8.06. The van der Waals surface area contributed by atoms with E-state index in [0.717, 1.165) is 22.4 Å². The van der Waals surface area contributed by atoms with Gasteiger partial charge in [0, 0.05) is 13.0 Å². The summed E-state index contributed by atoms with van der Waals surface area (Å²) >= 11 is 0. The number of aromatic nitrogens is 2. The Hall–Kier alpha value is -3.80. The van der Waals surface area contributed by atoms with Gasteiger partial charge in [-0.3, -0.25) is 4.79 Å². The average molecular weight is 444 g/mol. The first-order valence-corrected chi connectivity index (χ1v) is 11.0. The minimum atomic E-state index is -0.0379. The van der Waals surface area contributed by atoms with E-state index in [1.165, 1.54) is 11.1 Å². The molecule has 3 aromatic carbocycles. The van der Waals surface area contributed by atoms with Crippen LogP contribution in [0, 0.1) is 6.92 Å². The topological polar surface area (TPSA) is 65.4 Å². The zero-order chi connectivity index (χ0) is 23.2. The van der Waals surface area contributed by atoms with Crippen molar-refractivity contribution in [2.75, 3.05) is 20.8 Å². The summed E-state index contributed by atoms with van der Waals surface area (Å²) in [6, 6.07) is 22.1. The van der Waals surface area contributed by atoms with E-state index in [9.17, 15) is 4.79 Å². The van der Waals surface area contributed by atoms with Crippen LogP contribution in [0.2, 0.25) is 0 Å². The summed E-state index contributed by atoms with van der Waals surface area (Å²) in [7, 11) is 3.23. The lowest BCUT2D eigenvalue weighted by atomic mass is 10.1. The van der Waals surface area contributed by atoms with E-state index < -0.39 is 0 Å². The van der Waals surface area contributed by atoms with Crippen LogP contribution >= 0.6 is 0 Å². The molecule has 0 radical (unpaired) electrons. The average Bonchev–Trinajstić information content (AvgIpc) is 3.15. The lowest BCUT2D eigenvalue weighted by Gasteiger charge is -2.12. The van der Waals surface area contributed by atoms with Gasteiger partial charge in [-0.2, -0.15) is 0 Å². The Balaban J connectivity index is 1.45. The number of ether oxygens (including phenoxy) is 2. The van der Waals surface area contributed by atoms with Crippen LogP contribution in [-0.4, -0.2) is 36.2 Å². The molecule has 1 N–H and O–H groups in total. The van der Waals surface area contributed by atoms with Gasteiger partial charge in [-0.25, -0.2) is 4.98 Å². The van der Waals surface area contributed by atoms with E-state index in [-0.39, 0.29) is 12.5 Å². The molecule has 1 amide bonds. The van der Waals surface area contributed by atoms with E-state index in [2.05, 4.69) is 36.5 Å². The first-order valence-electron chi connectivity index (χ1n) is 11.0. The third-order valence-corrected chi connectivity index (χ3v) is 5.66. The number of methoxy groups -OCH3 is 2. The molecule has 0 atom stereocenters. The predicted molar refractivity (Wildman–Crippen MR) is 130 cm³/mol. The number of nitrogens with zero attached hydrogens (tertiary/aromatic N) is 2. The molecule has 1 aromatic heterocycles. The molecule has 4 rings (SSSR count). The highest BCUT2D eigenvalue weighted by Crippen LogP contribution is 2.27. The van der Waals surface area contributed by atoms with Crippen LogP contribution in [0.5, 0.6) is 11.5 Å². The maximum atomic E-state index is 12.8. The molecule has 170 valence electrons. The molecule has 0 saturated heterocycles. The number of amides is 1. The molecule has 33 heavy (non-hydrogen) atoms. The highest BCUT2D eigenvalue weighted by atomic mass is 16.5. The number of rotatable bonds is 9. The number of imidazole rings is 1. The van der Waals surface area contributed by atoms with Gasteiger partial charge in [-0.05, 0) is 48.7 Å². The summed E-state index contributed by atoms with van der Waals surface area (Å²) in [5.41, 5.74) is 5.33. The van der Waals surface area contributed by atoms with Gasteiger partial charge in [-0.15, -0.1) is 0 Å². The van der Waals surface area contributed by atoms with E-state index in [0.29, 0.717) is 30.9 Å². The van der Waals surface area contributed by atoms with Crippen molar-refractivity contribution >= 4 is 16.9 Å². The van der Waals surface area contributed by atoms with Gasteiger partial charge in [0.05, 0.1) is 25.3 Å². The summed E-state index contributed by atoms with van der Waals surface area (Å²) in [4.78, 5) is 17.6. The van der Waals surface area contributed by atoms with Crippen LogP contribution in [0.15, 0.2) is 66.7 Å². The van der Waals surface area contributed by atoms with Gasteiger partial charge in [0.25, 0.3) is 0 Å². The van der Waals surface area contributed by atoms with Crippen molar-refractivity contribution in [1.29, 1.82) is 0 Å². The number of hydrogen-bond acceptors (Lipinski definition) is 4. The standard InChI is InChI=1S/C27H29N3O3/c1-19-7-6-8-21(15-19)17-26-29-22-9-4-5-10-23(22)30(26)18-27(31)28-14-13-20-11-12-24(32-2)25(16-20)33-3/h4-12,15-16H,13-14,17-18H2,1-3H3,(H,28,31). The van der Waals surface area contributed by atoms with Crippen molar-refractivity contribution in [1.82, 2.24) is 14.9 Å². The monoisotopic (exact) mass is 443 g/mol. The van der Waals surface area contributed by atoms with Crippen molar-refractivity contribution in [3.63, 3.8) is 0 Å². The SMILES string of the molecule is COc1ccc(CCNC(=O)Cn2c(Cc3cccc(C)c3)nc3ccccc32)cc1OC. The third-order valence-electron chi connectivity index (χ3n) is 5.66. The van der Waals surface area contributed by atoms with Crippen LogP contribution in [0.25, 0.3) is 11.0 Å². The Morgan fingerprint density at radius 1 is 0.939 bits per heavy atom. The Bertz CT molecular complexity index is 1260. The molecule has 4 aromatic rings. The molecule has 0 aliphatic carbocycles. The smallest absolute Gasteiger partial charge is 0.240 e. The van der Waals surface area contributed by atoms with Crippen LogP contribution in [0.4, 0.5) is 0 Å². The summed E-state index contributed by atoms with van der Waals surface area (Å²) in [6.45, 7) is 2.85. The lowest BCUT2D eigenvalue weighted by molar-refractivity contribution is -0.121. The van der Waals surface area contributed by atoms with Crippen LogP contribution < -0.4 is 14.8 Å². The third kappa shape index (κ3) is 5.34. The van der Waals surface area contributed by atoms with E-state index in [1.807, 2.05) is 47.0 Å². The molecular weight excluding hydrogens is 414 g/mol. The molecule has 0 saturated carbocycles. The normalized spacial score (nSPS) is 10.9. The molecular formula is C27H29N3O3. The summed E-state index contributed by atoms with van der Waals surface area (Å²) < 4.78 is 12.7. The highest BCUT2D eigenvalue weighted by molar-refractivity contribution is 5.81. The molecule has 0 aliphatic rings. The second-order valence-electron chi connectivity index (χ2n) is 8.06. The van der Waals surface area contributed by atoms with Crippen LogP contribution in [-0.2, 0) is 24.2 Å². The summed E-state index contributed by atoms with van der Waals surface area (Å²) in [6.07, 6.45) is 1.38. The van der Waals surface area contributed by atoms with Crippen molar-refractivity contribution in [3.05, 3.63) is 89.2 Å². The molecule has 0 fully saturated rings. The van der Waals surface area contributed by atoms with E-state index in [1.54, 1.807) is 14.2 Å². The van der Waals surface area contributed by atoms with Gasteiger partial charge in [0.2, 0.25) is 5.91 Å². The van der Waals surface area contributed by atoms with Gasteiger partial charge < -0.3 is 19.4 Å². The number of aryl methyl sites for hydroxylation is 1. The Morgan fingerprint density at radius 3 is 2.55 bits per heavy atom. The molecule has 0 unspecified atom stereocenters. The molecule has 0 aliphatic heterocycles. The first-order chi connectivity index (χ1) is 16.1. The fourth-order valence-electron chi connectivity index (χ4n) is 4.02. The van der Waals surface area contributed by atoms with Gasteiger partial charge in [0.1, 0.15) is 12.4 Å². The summed E-state index contributed by atoms with van der Waals surface area (Å²) in [5.74, 6) is 2.23. The molecule has 6 nitrogen and oxygen atoms in total. The van der Waals surface area contributed by atoms with Crippen molar-refractivity contribution in [2.45, 2.75) is 26.3 Å². The fraction of sp³-hybridized carbons (Fsp3) is 0.259. The summed E-state index contributed by atoms with van der Waals surface area (Å²) in [5, 5.41) is 3.04. The van der Waals surface area contributed by atoms with Crippen LogP contribution in [0.3, 0.4) is 0 Å². The number of para-hydroxylation sites is 2. The van der Waals surface area contributed by atoms with Gasteiger partial charge >= 0.3 is 0 Å². The highest BCUT2D eigenvalue weighted by Gasteiger charge is 2.14. The molecule has 0 bridgehead atoms. The first kappa shape index (κ1) is 22.4. The molecule has 0 spiro atoms. The number of hydrogen-bond donors (Lipinski definition) is 1. The van der Waals surface area contributed by atoms with Crippen molar-refractivity contribution in [2.24, 2.45) is 0 Å². The quantitative estimate of drug-likeness (QED) is 0.419. The number of fused-ring (bicyclic) bond motifs is 1. The molecule has 1 heterocycles. The van der Waals surface area contributed by atoms with Crippen molar-refractivity contribution < 1.29 is 14.3 Å². The maximum Gasteiger partial charge on any atom is 0.240 e. The van der Waals surface area contributed by atoms with E-state index in [4.69, 9.17) is 14.5 Å².